The van der Waals surface area contributed by atoms with Crippen molar-refractivity contribution in [2.45, 2.75) is 32.6 Å². The molecule has 0 atom stereocenters. The van der Waals surface area contributed by atoms with Gasteiger partial charge in [0.2, 0.25) is 0 Å². The van der Waals surface area contributed by atoms with Gasteiger partial charge in [-0.05, 0) is 19.8 Å². The smallest absolute Gasteiger partial charge is 0.305 e. The van der Waals surface area contributed by atoms with Crippen molar-refractivity contribution in [1.82, 2.24) is 9.78 Å². The van der Waals surface area contributed by atoms with Gasteiger partial charge in [-0.15, -0.1) is 0 Å². The van der Waals surface area contributed by atoms with Crippen molar-refractivity contribution in [2.24, 2.45) is 7.05 Å². The van der Waals surface area contributed by atoms with Crippen LogP contribution in [0.15, 0.2) is 12.3 Å². The van der Waals surface area contributed by atoms with Crippen LogP contribution >= 0.6 is 0 Å². The first-order valence-electron chi connectivity index (χ1n) is 6.11. The Balaban J connectivity index is 1.96. The first-order valence-corrected chi connectivity index (χ1v) is 6.11. The SMILES string of the molecule is CCOC(=O)CCCCCNc1ccn(C)n1. The molecule has 0 radical (unpaired) electrons. The number of carbonyl (C=O) groups excluding carboxylic acids is 1. The number of aryl methyl sites for hydroxylation is 1. The molecule has 0 aromatic carbocycles. The van der Waals surface area contributed by atoms with Gasteiger partial charge in [-0.3, -0.25) is 9.48 Å². The molecule has 5 heteroatoms. The van der Waals surface area contributed by atoms with Gasteiger partial charge in [-0.25, -0.2) is 0 Å². The second kappa shape index (κ2) is 7.70. The van der Waals surface area contributed by atoms with Crippen LogP contribution in [0.1, 0.15) is 32.6 Å². The van der Waals surface area contributed by atoms with Gasteiger partial charge in [0.05, 0.1) is 6.61 Å². The molecule has 1 aromatic rings. The molecule has 1 N–H and O–H groups in total. The summed E-state index contributed by atoms with van der Waals surface area (Å²) < 4.78 is 6.62. The van der Waals surface area contributed by atoms with Crippen LogP contribution in [-0.4, -0.2) is 28.9 Å². The number of hydrogen-bond donors (Lipinski definition) is 1. The van der Waals surface area contributed by atoms with E-state index in [0.29, 0.717) is 13.0 Å². The Kier molecular flexibility index (Phi) is 6.14. The van der Waals surface area contributed by atoms with Gasteiger partial charge in [0.25, 0.3) is 0 Å². The molecule has 0 bridgehead atoms. The molecular weight excluding hydrogens is 218 g/mol. The lowest BCUT2D eigenvalue weighted by Gasteiger charge is -2.03. The van der Waals surface area contributed by atoms with E-state index < -0.39 is 0 Å². The molecule has 17 heavy (non-hydrogen) atoms. The summed E-state index contributed by atoms with van der Waals surface area (Å²) in [5.74, 6) is 0.808. The molecule has 0 aliphatic rings. The van der Waals surface area contributed by atoms with Gasteiger partial charge >= 0.3 is 5.97 Å². The van der Waals surface area contributed by atoms with E-state index in [1.54, 1.807) is 4.68 Å². The van der Waals surface area contributed by atoms with Crippen LogP contribution in [0.2, 0.25) is 0 Å². The largest absolute Gasteiger partial charge is 0.466 e. The summed E-state index contributed by atoms with van der Waals surface area (Å²) in [6, 6.07) is 1.94. The quantitative estimate of drug-likeness (QED) is 0.556. The van der Waals surface area contributed by atoms with Crippen molar-refractivity contribution in [3.8, 4) is 0 Å². The molecule has 0 amide bonds. The second-order valence-electron chi connectivity index (χ2n) is 3.92. The molecule has 5 nitrogen and oxygen atoms in total. The van der Waals surface area contributed by atoms with Crippen molar-refractivity contribution in [2.75, 3.05) is 18.5 Å². The molecular formula is C12H21N3O2. The predicted molar refractivity (Wildman–Crippen MR) is 66.8 cm³/mol. The molecule has 1 heterocycles. The molecule has 1 aromatic heterocycles. The van der Waals surface area contributed by atoms with Crippen molar-refractivity contribution in [3.05, 3.63) is 12.3 Å². The summed E-state index contributed by atoms with van der Waals surface area (Å²) >= 11 is 0. The third-order valence-electron chi connectivity index (χ3n) is 2.38. The number of aromatic nitrogens is 2. The monoisotopic (exact) mass is 239 g/mol. The minimum Gasteiger partial charge on any atom is -0.466 e. The highest BCUT2D eigenvalue weighted by Gasteiger charge is 2.00. The Bertz CT molecular complexity index is 336. The Morgan fingerprint density at radius 3 is 2.94 bits per heavy atom. The van der Waals surface area contributed by atoms with Crippen LogP contribution in [0.5, 0.6) is 0 Å². The van der Waals surface area contributed by atoms with Gasteiger partial charge in [-0.1, -0.05) is 6.42 Å². The predicted octanol–water partition coefficient (Wildman–Crippen LogP) is 1.96. The number of unbranched alkanes of at least 4 members (excludes halogenated alkanes) is 2. The number of esters is 1. The van der Waals surface area contributed by atoms with Gasteiger partial charge in [0, 0.05) is 32.3 Å². The van der Waals surface area contributed by atoms with Gasteiger partial charge in [0.15, 0.2) is 0 Å². The van der Waals surface area contributed by atoms with E-state index in [1.165, 1.54) is 0 Å². The number of nitrogens with zero attached hydrogens (tertiary/aromatic N) is 2. The zero-order chi connectivity index (χ0) is 12.5. The van der Waals surface area contributed by atoms with Gasteiger partial charge < -0.3 is 10.1 Å². The second-order valence-corrected chi connectivity index (χ2v) is 3.92. The van der Waals surface area contributed by atoms with E-state index in [0.717, 1.165) is 31.6 Å². The maximum Gasteiger partial charge on any atom is 0.305 e. The maximum atomic E-state index is 11.0. The fourth-order valence-electron chi connectivity index (χ4n) is 1.53. The topological polar surface area (TPSA) is 56.1 Å². The molecule has 0 aliphatic heterocycles. The summed E-state index contributed by atoms with van der Waals surface area (Å²) in [6.45, 7) is 3.19. The Morgan fingerprint density at radius 2 is 2.29 bits per heavy atom. The Morgan fingerprint density at radius 1 is 1.47 bits per heavy atom. The lowest BCUT2D eigenvalue weighted by molar-refractivity contribution is -0.143. The maximum absolute atomic E-state index is 11.0. The molecule has 0 unspecified atom stereocenters. The van der Waals surface area contributed by atoms with Crippen LogP contribution in [0.3, 0.4) is 0 Å². The van der Waals surface area contributed by atoms with Crippen molar-refractivity contribution in [1.29, 1.82) is 0 Å². The van der Waals surface area contributed by atoms with Crippen molar-refractivity contribution in [3.63, 3.8) is 0 Å². The van der Waals surface area contributed by atoms with E-state index in [4.69, 9.17) is 4.74 Å². The summed E-state index contributed by atoms with van der Waals surface area (Å²) in [6.07, 6.45) is 5.39. The number of nitrogens with one attached hydrogen (secondary N) is 1. The molecule has 0 saturated heterocycles. The normalized spacial score (nSPS) is 10.2. The molecule has 96 valence electrons. The minimum atomic E-state index is -0.0924. The number of rotatable bonds is 8. The zero-order valence-electron chi connectivity index (χ0n) is 10.6. The zero-order valence-corrected chi connectivity index (χ0v) is 10.6. The van der Waals surface area contributed by atoms with Crippen LogP contribution in [0.4, 0.5) is 5.82 Å². The standard InChI is InChI=1S/C12H21N3O2/c1-3-17-12(16)7-5-4-6-9-13-11-8-10-15(2)14-11/h8,10H,3-7,9H2,1-2H3,(H,13,14). The third kappa shape index (κ3) is 5.94. The third-order valence-corrected chi connectivity index (χ3v) is 2.38. The summed E-state index contributed by atoms with van der Waals surface area (Å²) in [5, 5.41) is 7.44. The van der Waals surface area contributed by atoms with Crippen molar-refractivity contribution < 1.29 is 9.53 Å². The minimum absolute atomic E-state index is 0.0924. The average Bonchev–Trinajstić information content (AvgIpc) is 2.70. The summed E-state index contributed by atoms with van der Waals surface area (Å²) in [4.78, 5) is 11.0. The highest BCUT2D eigenvalue weighted by atomic mass is 16.5. The number of anilines is 1. The fraction of sp³-hybridized carbons (Fsp3) is 0.667. The van der Waals surface area contributed by atoms with E-state index in [1.807, 2.05) is 26.2 Å². The van der Waals surface area contributed by atoms with E-state index in [2.05, 4.69) is 10.4 Å². The van der Waals surface area contributed by atoms with E-state index in [9.17, 15) is 4.79 Å². The summed E-state index contributed by atoms with van der Waals surface area (Å²) in [5.41, 5.74) is 0. The molecule has 0 saturated carbocycles. The van der Waals surface area contributed by atoms with Crippen LogP contribution in [-0.2, 0) is 16.6 Å². The average molecular weight is 239 g/mol. The molecule has 0 aliphatic carbocycles. The molecule has 1 rings (SSSR count). The lowest BCUT2D eigenvalue weighted by Crippen LogP contribution is -2.05. The summed E-state index contributed by atoms with van der Waals surface area (Å²) in [7, 11) is 1.89. The molecule has 0 spiro atoms. The fourth-order valence-corrected chi connectivity index (χ4v) is 1.53. The van der Waals surface area contributed by atoms with E-state index >= 15 is 0 Å². The van der Waals surface area contributed by atoms with Crippen LogP contribution in [0, 0.1) is 0 Å². The Hall–Kier alpha value is -1.52. The van der Waals surface area contributed by atoms with Gasteiger partial charge in [0.1, 0.15) is 5.82 Å². The van der Waals surface area contributed by atoms with E-state index in [-0.39, 0.29) is 5.97 Å². The van der Waals surface area contributed by atoms with Crippen LogP contribution < -0.4 is 5.32 Å². The highest BCUT2D eigenvalue weighted by Crippen LogP contribution is 2.04. The number of hydrogen-bond acceptors (Lipinski definition) is 4. The van der Waals surface area contributed by atoms with Crippen molar-refractivity contribution >= 4 is 11.8 Å². The number of ether oxygens (including phenoxy) is 1. The highest BCUT2D eigenvalue weighted by molar-refractivity contribution is 5.69. The van der Waals surface area contributed by atoms with Crippen LogP contribution in [0.25, 0.3) is 0 Å². The van der Waals surface area contributed by atoms with Gasteiger partial charge in [-0.2, -0.15) is 5.10 Å². The molecule has 0 fully saturated rings. The Labute approximate surface area is 102 Å². The number of carbonyl (C=O) groups is 1. The first kappa shape index (κ1) is 13.5. The lowest BCUT2D eigenvalue weighted by atomic mass is 10.2. The first-order chi connectivity index (χ1) is 8.22.